The molecule has 3 atom stereocenters. The highest BCUT2D eigenvalue weighted by atomic mass is 16.5. The van der Waals surface area contributed by atoms with Crippen molar-refractivity contribution in [1.29, 1.82) is 0 Å². The fourth-order valence-corrected chi connectivity index (χ4v) is 4.82. The zero-order valence-corrected chi connectivity index (χ0v) is 21.4. The van der Waals surface area contributed by atoms with Gasteiger partial charge in [-0.05, 0) is 39.2 Å². The van der Waals surface area contributed by atoms with Crippen molar-refractivity contribution in [2.45, 2.75) is 46.1 Å². The van der Waals surface area contributed by atoms with Crippen LogP contribution in [0.25, 0.3) is 0 Å². The second-order valence-corrected chi connectivity index (χ2v) is 8.94. The molecule has 3 rings (SSSR count). The molecule has 1 heterocycles. The highest BCUT2D eigenvalue weighted by Gasteiger charge is 2.48. The monoisotopic (exact) mass is 487 g/mol. The molecule has 0 unspecified atom stereocenters. The van der Waals surface area contributed by atoms with Crippen LogP contribution in [0.2, 0.25) is 0 Å². The summed E-state index contributed by atoms with van der Waals surface area (Å²) in [5.74, 6) is -2.49. The van der Waals surface area contributed by atoms with Crippen LogP contribution in [0.15, 0.2) is 34.7 Å². The van der Waals surface area contributed by atoms with Gasteiger partial charge in [0.15, 0.2) is 17.3 Å². The number of nitrogens with one attached hydrogen (secondary N) is 1. The van der Waals surface area contributed by atoms with E-state index in [9.17, 15) is 14.4 Å². The molecule has 1 aromatic carbocycles. The molecule has 1 aliphatic heterocycles. The van der Waals surface area contributed by atoms with Crippen molar-refractivity contribution in [2.75, 3.05) is 28.4 Å². The number of ketones is 1. The highest BCUT2D eigenvalue weighted by Crippen LogP contribution is 2.49. The third-order valence-corrected chi connectivity index (χ3v) is 6.35. The van der Waals surface area contributed by atoms with Gasteiger partial charge in [-0.1, -0.05) is 6.92 Å². The number of hydrogen-bond donors (Lipinski definition) is 1. The van der Waals surface area contributed by atoms with Gasteiger partial charge in [-0.2, -0.15) is 0 Å². The minimum absolute atomic E-state index is 0.259. The Kier molecular flexibility index (Phi) is 7.77. The van der Waals surface area contributed by atoms with Gasteiger partial charge >= 0.3 is 11.9 Å². The lowest BCUT2D eigenvalue weighted by molar-refractivity contribution is -0.151. The fraction of sp³-hybridized carbons (Fsp3) is 0.500. The lowest BCUT2D eigenvalue weighted by atomic mass is 9.69. The van der Waals surface area contributed by atoms with Crippen LogP contribution in [0.3, 0.4) is 0 Å². The zero-order valence-electron chi connectivity index (χ0n) is 21.4. The van der Waals surface area contributed by atoms with Gasteiger partial charge in [-0.25, -0.2) is 4.79 Å². The molecule has 2 aliphatic rings. The summed E-state index contributed by atoms with van der Waals surface area (Å²) in [5.41, 5.74) is 2.30. The number of dihydropyridines is 1. The van der Waals surface area contributed by atoms with E-state index in [1.54, 1.807) is 32.9 Å². The van der Waals surface area contributed by atoms with E-state index in [1.165, 1.54) is 28.4 Å². The first-order valence-electron chi connectivity index (χ1n) is 11.4. The number of allylic oxidation sites excluding steroid dienone is 3. The average Bonchev–Trinajstić information content (AvgIpc) is 2.81. The minimum Gasteiger partial charge on any atom is -0.496 e. The normalized spacial score (nSPS) is 21.9. The maximum absolute atomic E-state index is 13.9. The van der Waals surface area contributed by atoms with Crippen LogP contribution in [-0.4, -0.2) is 52.3 Å². The van der Waals surface area contributed by atoms with Gasteiger partial charge in [0.1, 0.15) is 11.7 Å². The molecule has 0 fully saturated rings. The molecule has 0 aromatic heterocycles. The van der Waals surface area contributed by atoms with E-state index in [1.807, 2.05) is 6.92 Å². The van der Waals surface area contributed by atoms with Crippen molar-refractivity contribution in [3.8, 4) is 17.2 Å². The molecule has 0 amide bonds. The molecule has 35 heavy (non-hydrogen) atoms. The maximum Gasteiger partial charge on any atom is 0.337 e. The van der Waals surface area contributed by atoms with Crippen LogP contribution in [-0.2, 0) is 23.9 Å². The fourth-order valence-electron chi connectivity index (χ4n) is 4.82. The van der Waals surface area contributed by atoms with Crippen molar-refractivity contribution in [3.63, 3.8) is 0 Å². The molecule has 190 valence electrons. The van der Waals surface area contributed by atoms with Gasteiger partial charge < -0.3 is 29.0 Å². The number of ether oxygens (including phenoxy) is 5. The summed E-state index contributed by atoms with van der Waals surface area (Å²) < 4.78 is 27.1. The quantitative estimate of drug-likeness (QED) is 0.458. The van der Waals surface area contributed by atoms with Crippen LogP contribution in [0.5, 0.6) is 17.2 Å². The van der Waals surface area contributed by atoms with Gasteiger partial charge in [0, 0.05) is 28.6 Å². The Morgan fingerprint density at radius 2 is 1.60 bits per heavy atom. The van der Waals surface area contributed by atoms with E-state index >= 15 is 0 Å². The summed E-state index contributed by atoms with van der Waals surface area (Å²) in [6.07, 6.45) is 0.0487. The van der Waals surface area contributed by atoms with Crippen LogP contribution in [0.4, 0.5) is 0 Å². The van der Waals surface area contributed by atoms with Crippen molar-refractivity contribution < 1.29 is 38.1 Å². The van der Waals surface area contributed by atoms with Gasteiger partial charge in [0.05, 0.1) is 46.0 Å². The number of methoxy groups -OCH3 is 4. The first kappa shape index (κ1) is 26.1. The molecule has 1 aromatic rings. The molecular formula is C26H33NO8. The van der Waals surface area contributed by atoms with Crippen LogP contribution < -0.4 is 19.5 Å². The summed E-state index contributed by atoms with van der Waals surface area (Å²) in [7, 11) is 5.75. The molecule has 0 saturated carbocycles. The van der Waals surface area contributed by atoms with Crippen molar-refractivity contribution in [3.05, 3.63) is 40.2 Å². The highest BCUT2D eigenvalue weighted by molar-refractivity contribution is 6.12. The zero-order chi connectivity index (χ0) is 26.0. The topological polar surface area (TPSA) is 109 Å². The number of rotatable bonds is 7. The van der Waals surface area contributed by atoms with E-state index in [2.05, 4.69) is 5.32 Å². The van der Waals surface area contributed by atoms with E-state index in [0.29, 0.717) is 46.2 Å². The SMILES string of the molecule is COC(=O)[C@@H]1C(=O)C2=C(C[C@H]1C)NC(C)=C(C(=O)OC(C)C)[C@H]2c1cc(OC)c(OC)cc1OC. The van der Waals surface area contributed by atoms with Crippen LogP contribution in [0, 0.1) is 11.8 Å². The first-order chi connectivity index (χ1) is 16.6. The van der Waals surface area contributed by atoms with E-state index in [4.69, 9.17) is 23.7 Å². The van der Waals surface area contributed by atoms with E-state index in [-0.39, 0.29) is 17.6 Å². The number of Topliss-reactive ketones (excluding diaryl/α,β-unsaturated/α-hetero) is 1. The minimum atomic E-state index is -0.991. The Bertz CT molecular complexity index is 1100. The predicted molar refractivity (Wildman–Crippen MR) is 127 cm³/mol. The molecule has 1 aliphatic carbocycles. The third-order valence-electron chi connectivity index (χ3n) is 6.35. The predicted octanol–water partition coefficient (Wildman–Crippen LogP) is 3.28. The van der Waals surface area contributed by atoms with Gasteiger partial charge in [0.25, 0.3) is 0 Å². The third kappa shape index (κ3) is 4.72. The second kappa shape index (κ2) is 10.4. The summed E-state index contributed by atoms with van der Waals surface area (Å²) in [6, 6.07) is 3.33. The number of esters is 2. The number of benzene rings is 1. The van der Waals surface area contributed by atoms with Crippen molar-refractivity contribution in [1.82, 2.24) is 5.32 Å². The lowest BCUT2D eigenvalue weighted by Crippen LogP contribution is -2.43. The summed E-state index contributed by atoms with van der Waals surface area (Å²) in [6.45, 7) is 7.10. The Balaban J connectivity index is 2.32. The standard InChI is InChI=1S/C26H33NO8/c1-12(2)35-26(30)21-14(4)27-16-9-13(3)20(25(29)34-8)24(28)23(16)22(21)15-10-18(32-6)19(33-7)11-17(15)31-5/h10-13,20,22,27H,9H2,1-8H3/t13-,20+,22-/m1/s1. The maximum atomic E-state index is 13.9. The average molecular weight is 488 g/mol. The smallest absolute Gasteiger partial charge is 0.337 e. The molecule has 0 saturated heterocycles. The Morgan fingerprint density at radius 3 is 2.14 bits per heavy atom. The van der Waals surface area contributed by atoms with Crippen LogP contribution >= 0.6 is 0 Å². The Hall–Kier alpha value is -3.49. The summed E-state index contributed by atoms with van der Waals surface area (Å²) in [5, 5.41) is 3.24. The molecule has 0 spiro atoms. The van der Waals surface area contributed by atoms with Crippen LogP contribution in [0.1, 0.15) is 45.6 Å². The largest absolute Gasteiger partial charge is 0.496 e. The molecule has 0 bridgehead atoms. The second-order valence-electron chi connectivity index (χ2n) is 8.94. The first-order valence-corrected chi connectivity index (χ1v) is 11.4. The summed E-state index contributed by atoms with van der Waals surface area (Å²) >= 11 is 0. The van der Waals surface area contributed by atoms with Gasteiger partial charge in [-0.3, -0.25) is 9.59 Å². The van der Waals surface area contributed by atoms with Crippen molar-refractivity contribution >= 4 is 17.7 Å². The molecule has 1 N–H and O–H groups in total. The number of carbonyl (C=O) groups is 3. The van der Waals surface area contributed by atoms with E-state index in [0.717, 1.165) is 0 Å². The Labute approximate surface area is 205 Å². The van der Waals surface area contributed by atoms with Crippen molar-refractivity contribution in [2.24, 2.45) is 11.8 Å². The van der Waals surface area contributed by atoms with E-state index < -0.39 is 29.6 Å². The number of hydrogen-bond acceptors (Lipinski definition) is 9. The van der Waals surface area contributed by atoms with Gasteiger partial charge in [0.2, 0.25) is 0 Å². The molecular weight excluding hydrogens is 454 g/mol. The Morgan fingerprint density at radius 1 is 1.00 bits per heavy atom. The molecule has 9 heteroatoms. The number of carbonyl (C=O) groups excluding carboxylic acids is 3. The van der Waals surface area contributed by atoms with Gasteiger partial charge in [-0.15, -0.1) is 0 Å². The molecule has 9 nitrogen and oxygen atoms in total. The molecule has 0 radical (unpaired) electrons. The lowest BCUT2D eigenvalue weighted by Gasteiger charge is -2.38. The summed E-state index contributed by atoms with van der Waals surface area (Å²) in [4.78, 5) is 39.8.